The maximum Gasteiger partial charge on any atom is 0.196 e. The molecule has 212 valence electrons. The monoisotopic (exact) mass is 542 g/mol. The Morgan fingerprint density at radius 1 is 1.00 bits per heavy atom. The molecule has 2 aromatic carbocycles. The van der Waals surface area contributed by atoms with Crippen LogP contribution in [-0.4, -0.2) is 35.3 Å². The number of piperidine rings is 1. The van der Waals surface area contributed by atoms with E-state index in [1.165, 1.54) is 25.7 Å². The summed E-state index contributed by atoms with van der Waals surface area (Å²) in [5.41, 5.74) is 10.2. The minimum atomic E-state index is -0.0530. The molecule has 3 N–H and O–H groups in total. The molecule has 0 spiro atoms. The number of aromatic hydroxyl groups is 1. The zero-order chi connectivity index (χ0) is 28.3. The van der Waals surface area contributed by atoms with Gasteiger partial charge in [0.1, 0.15) is 17.1 Å². The topological polar surface area (TPSA) is 108 Å². The SMILES string of the molecule is CC1CCC2CC(C)CC(c3cc(-c4ccc(O)c(/C=C(/C=O)N=C(N)N5CCCCC5)c4)ccc3N=O)(C1)C2. The molecule has 0 aromatic heterocycles. The van der Waals surface area contributed by atoms with Crippen LogP contribution < -0.4 is 5.73 Å². The lowest BCUT2D eigenvalue weighted by molar-refractivity contribution is -0.104. The number of nitrogens with zero attached hydrogens (tertiary/aromatic N) is 3. The maximum absolute atomic E-state index is 12.0. The molecule has 3 fully saturated rings. The number of nitroso groups, excluding NO2 is 1. The lowest BCUT2D eigenvalue weighted by Crippen LogP contribution is -2.40. The minimum Gasteiger partial charge on any atom is -0.507 e. The van der Waals surface area contributed by atoms with Crippen molar-refractivity contribution in [1.82, 2.24) is 4.90 Å². The number of phenolic OH excluding ortho intramolecular Hbond substituents is 1. The van der Waals surface area contributed by atoms with Crippen LogP contribution in [0.5, 0.6) is 5.75 Å². The Morgan fingerprint density at radius 2 is 1.73 bits per heavy atom. The van der Waals surface area contributed by atoms with Gasteiger partial charge in [-0.25, -0.2) is 4.99 Å². The second kappa shape index (κ2) is 11.9. The molecule has 2 aliphatic carbocycles. The van der Waals surface area contributed by atoms with E-state index in [4.69, 9.17) is 5.73 Å². The molecule has 5 rings (SSSR count). The molecule has 0 radical (unpaired) electrons. The Hall–Kier alpha value is -3.48. The van der Waals surface area contributed by atoms with Crippen LogP contribution in [0.1, 0.15) is 82.8 Å². The van der Waals surface area contributed by atoms with E-state index in [9.17, 15) is 14.8 Å². The number of allylic oxidation sites excluding steroid dienone is 1. The number of aliphatic imine (C=N–C) groups is 1. The van der Waals surface area contributed by atoms with E-state index in [0.717, 1.165) is 61.9 Å². The standard InChI is InChI=1S/C33H42N4O3/c1-22-6-7-24-14-23(2)19-33(18-22,20-24)29-17-26(8-10-30(29)36-40)25-9-11-31(39)27(15-25)16-28(21-38)35-32(34)37-12-4-3-5-13-37/h8-11,15-17,21-24,39H,3-7,12-14,18-20H2,1-2H3,(H2,34,35)/b28-16-. The van der Waals surface area contributed by atoms with Gasteiger partial charge in [0.25, 0.3) is 0 Å². The number of aldehydes is 1. The van der Waals surface area contributed by atoms with Gasteiger partial charge in [0, 0.05) is 18.7 Å². The predicted molar refractivity (Wildman–Crippen MR) is 161 cm³/mol. The van der Waals surface area contributed by atoms with Crippen LogP contribution >= 0.6 is 0 Å². The first-order valence-electron chi connectivity index (χ1n) is 14.9. The molecule has 4 atom stereocenters. The van der Waals surface area contributed by atoms with Gasteiger partial charge in [-0.1, -0.05) is 38.8 Å². The normalized spacial score (nSPS) is 27.6. The van der Waals surface area contributed by atoms with Crippen molar-refractivity contribution in [1.29, 1.82) is 0 Å². The first-order valence-corrected chi connectivity index (χ1v) is 14.9. The van der Waals surface area contributed by atoms with E-state index in [0.29, 0.717) is 41.3 Å². The van der Waals surface area contributed by atoms with Crippen molar-refractivity contribution in [3.63, 3.8) is 0 Å². The summed E-state index contributed by atoms with van der Waals surface area (Å²) in [6, 6.07) is 11.3. The molecule has 2 bridgehead atoms. The van der Waals surface area contributed by atoms with Crippen molar-refractivity contribution in [2.45, 2.75) is 77.0 Å². The fraction of sp³-hybridized carbons (Fsp3) is 0.515. The molecule has 7 nitrogen and oxygen atoms in total. The van der Waals surface area contributed by atoms with Crippen LogP contribution in [-0.2, 0) is 10.2 Å². The number of carbonyl (C=O) groups excluding carboxylic acids is 1. The van der Waals surface area contributed by atoms with E-state index < -0.39 is 0 Å². The van der Waals surface area contributed by atoms with Crippen LogP contribution in [0.25, 0.3) is 17.2 Å². The van der Waals surface area contributed by atoms with Gasteiger partial charge in [0.2, 0.25) is 0 Å². The van der Waals surface area contributed by atoms with Gasteiger partial charge < -0.3 is 15.7 Å². The van der Waals surface area contributed by atoms with Crippen molar-refractivity contribution in [2.24, 2.45) is 33.7 Å². The summed E-state index contributed by atoms with van der Waals surface area (Å²) < 4.78 is 0. The highest BCUT2D eigenvalue weighted by molar-refractivity contribution is 5.89. The second-order valence-electron chi connectivity index (χ2n) is 12.6. The Labute approximate surface area is 237 Å². The summed E-state index contributed by atoms with van der Waals surface area (Å²) in [6.07, 6.45) is 12.5. The first-order chi connectivity index (χ1) is 19.3. The number of guanidine groups is 1. The molecular formula is C33H42N4O3. The Balaban J connectivity index is 1.52. The zero-order valence-corrected chi connectivity index (χ0v) is 23.8. The molecule has 0 amide bonds. The molecule has 2 aromatic rings. The highest BCUT2D eigenvalue weighted by Crippen LogP contribution is 2.54. The summed E-state index contributed by atoms with van der Waals surface area (Å²) in [5.74, 6) is 2.27. The van der Waals surface area contributed by atoms with Gasteiger partial charge in [-0.2, -0.15) is 0 Å². The fourth-order valence-electron chi connectivity index (χ4n) is 7.69. The molecule has 3 aliphatic rings. The number of carbonyl (C=O) groups is 1. The quantitative estimate of drug-likeness (QED) is 0.131. The third kappa shape index (κ3) is 5.98. The number of fused-ring (bicyclic) bond motifs is 2. The first kappa shape index (κ1) is 28.1. The highest BCUT2D eigenvalue weighted by atomic mass is 16.3. The number of phenols is 1. The van der Waals surface area contributed by atoms with E-state index in [-0.39, 0.29) is 16.9 Å². The van der Waals surface area contributed by atoms with Gasteiger partial charge in [-0.3, -0.25) is 4.79 Å². The molecule has 4 unspecified atom stereocenters. The number of hydrogen-bond donors (Lipinski definition) is 2. The van der Waals surface area contributed by atoms with Gasteiger partial charge in [-0.05, 0) is 120 Å². The van der Waals surface area contributed by atoms with Crippen LogP contribution in [0.3, 0.4) is 0 Å². The van der Waals surface area contributed by atoms with E-state index in [2.05, 4.69) is 30.1 Å². The van der Waals surface area contributed by atoms with E-state index >= 15 is 0 Å². The number of likely N-dealkylation sites (tertiary alicyclic amines) is 1. The van der Waals surface area contributed by atoms with Crippen LogP contribution in [0.15, 0.2) is 52.3 Å². The number of rotatable bonds is 6. The third-order valence-electron chi connectivity index (χ3n) is 9.34. The van der Waals surface area contributed by atoms with Gasteiger partial charge in [-0.15, -0.1) is 4.91 Å². The molecular weight excluding hydrogens is 500 g/mol. The van der Waals surface area contributed by atoms with Crippen molar-refractivity contribution < 1.29 is 9.90 Å². The fourth-order valence-corrected chi connectivity index (χ4v) is 7.69. The Bertz CT molecular complexity index is 1310. The van der Waals surface area contributed by atoms with Crippen molar-refractivity contribution in [3.05, 3.63) is 58.1 Å². The molecule has 2 saturated carbocycles. The Morgan fingerprint density at radius 3 is 2.48 bits per heavy atom. The predicted octanol–water partition coefficient (Wildman–Crippen LogP) is 7.29. The lowest BCUT2D eigenvalue weighted by atomic mass is 9.60. The maximum atomic E-state index is 12.0. The molecule has 40 heavy (non-hydrogen) atoms. The average Bonchev–Trinajstić information content (AvgIpc) is 3.08. The number of nitrogens with two attached hydrogens (primary N) is 1. The minimum absolute atomic E-state index is 0.0530. The van der Waals surface area contributed by atoms with Crippen LogP contribution in [0.2, 0.25) is 0 Å². The third-order valence-corrected chi connectivity index (χ3v) is 9.34. The summed E-state index contributed by atoms with van der Waals surface area (Å²) in [4.78, 5) is 30.3. The summed E-state index contributed by atoms with van der Waals surface area (Å²) in [6.45, 7) is 6.35. The van der Waals surface area contributed by atoms with Crippen LogP contribution in [0.4, 0.5) is 5.69 Å². The zero-order valence-electron chi connectivity index (χ0n) is 23.8. The van der Waals surface area contributed by atoms with Crippen molar-refractivity contribution in [3.8, 4) is 16.9 Å². The highest BCUT2D eigenvalue weighted by Gasteiger charge is 2.44. The molecule has 1 aliphatic heterocycles. The molecule has 7 heteroatoms. The summed E-state index contributed by atoms with van der Waals surface area (Å²) >= 11 is 0. The van der Waals surface area contributed by atoms with Crippen molar-refractivity contribution >= 4 is 24.0 Å². The molecule has 1 saturated heterocycles. The van der Waals surface area contributed by atoms with E-state index in [1.54, 1.807) is 12.1 Å². The second-order valence-corrected chi connectivity index (χ2v) is 12.6. The van der Waals surface area contributed by atoms with Gasteiger partial charge >= 0.3 is 0 Å². The summed E-state index contributed by atoms with van der Waals surface area (Å²) in [7, 11) is 0. The average molecular weight is 543 g/mol. The molecule has 1 heterocycles. The Kier molecular flexibility index (Phi) is 8.38. The van der Waals surface area contributed by atoms with Crippen molar-refractivity contribution in [2.75, 3.05) is 13.1 Å². The lowest BCUT2D eigenvalue weighted by Gasteiger charge is -2.44. The largest absolute Gasteiger partial charge is 0.507 e. The number of hydrogen-bond acceptors (Lipinski definition) is 5. The number of benzene rings is 2. The smallest absolute Gasteiger partial charge is 0.196 e. The van der Waals surface area contributed by atoms with E-state index in [1.807, 2.05) is 29.2 Å². The van der Waals surface area contributed by atoms with Gasteiger partial charge in [0.05, 0.1) is 0 Å². The summed E-state index contributed by atoms with van der Waals surface area (Å²) in [5, 5.41) is 14.1. The van der Waals surface area contributed by atoms with Crippen LogP contribution in [0, 0.1) is 22.7 Å². The van der Waals surface area contributed by atoms with Gasteiger partial charge in [0.15, 0.2) is 12.2 Å².